The molecule has 0 aliphatic carbocycles. The van der Waals surface area contributed by atoms with Gasteiger partial charge in [0, 0.05) is 5.56 Å². The first kappa shape index (κ1) is 11.1. The first-order valence-electron chi connectivity index (χ1n) is 3.92. The Bertz CT molecular complexity index is 432. The zero-order valence-corrected chi connectivity index (χ0v) is 7.46. The van der Waals surface area contributed by atoms with E-state index in [-0.39, 0.29) is 0 Å². The van der Waals surface area contributed by atoms with Gasteiger partial charge in [0.1, 0.15) is 17.2 Å². The number of aromatic carboxylic acids is 1. The highest BCUT2D eigenvalue weighted by Gasteiger charge is 2.20. The standard InChI is InChI=1S/C9H7F2NO3/c10-5-1-2-6(11)8(9(14)15)4(5)3-7(12)13/h1-2H,3H2,(H2,12,13)(H,14,15). The number of halogens is 2. The molecule has 0 atom stereocenters. The molecule has 0 aromatic heterocycles. The number of primary amides is 1. The third-order valence-corrected chi connectivity index (χ3v) is 1.77. The molecule has 1 amide bonds. The average Bonchev–Trinajstić information content (AvgIpc) is 2.10. The van der Waals surface area contributed by atoms with E-state index < -0.39 is 41.1 Å². The molecule has 1 aromatic carbocycles. The smallest absolute Gasteiger partial charge is 0.339 e. The van der Waals surface area contributed by atoms with E-state index in [1.54, 1.807) is 0 Å². The van der Waals surface area contributed by atoms with Crippen molar-refractivity contribution < 1.29 is 23.5 Å². The van der Waals surface area contributed by atoms with Crippen molar-refractivity contribution in [1.82, 2.24) is 0 Å². The molecule has 1 rings (SSSR count). The van der Waals surface area contributed by atoms with Crippen LogP contribution in [0.2, 0.25) is 0 Å². The highest BCUT2D eigenvalue weighted by Crippen LogP contribution is 2.18. The van der Waals surface area contributed by atoms with Crippen LogP contribution in [0.4, 0.5) is 8.78 Å². The Morgan fingerprint density at radius 1 is 1.27 bits per heavy atom. The highest BCUT2D eigenvalue weighted by atomic mass is 19.1. The van der Waals surface area contributed by atoms with E-state index in [0.717, 1.165) is 6.07 Å². The molecule has 0 heterocycles. The second-order valence-corrected chi connectivity index (χ2v) is 2.83. The monoisotopic (exact) mass is 215 g/mol. The van der Waals surface area contributed by atoms with Crippen LogP contribution in [0.25, 0.3) is 0 Å². The van der Waals surface area contributed by atoms with Crippen LogP contribution in [-0.4, -0.2) is 17.0 Å². The lowest BCUT2D eigenvalue weighted by atomic mass is 10.0. The lowest BCUT2D eigenvalue weighted by Crippen LogP contribution is -2.18. The molecular formula is C9H7F2NO3. The van der Waals surface area contributed by atoms with Gasteiger partial charge < -0.3 is 10.8 Å². The summed E-state index contributed by atoms with van der Waals surface area (Å²) < 4.78 is 26.1. The first-order valence-corrected chi connectivity index (χ1v) is 3.92. The number of nitrogens with two attached hydrogens (primary N) is 1. The third-order valence-electron chi connectivity index (χ3n) is 1.77. The molecule has 0 radical (unpaired) electrons. The Hall–Kier alpha value is -1.98. The Balaban J connectivity index is 3.38. The predicted octanol–water partition coefficient (Wildman–Crippen LogP) is 0.691. The Labute approximate surface area is 83.3 Å². The normalized spacial score (nSPS) is 10.0. The van der Waals surface area contributed by atoms with E-state index in [0.29, 0.717) is 6.07 Å². The van der Waals surface area contributed by atoms with Gasteiger partial charge in [-0.2, -0.15) is 0 Å². The summed E-state index contributed by atoms with van der Waals surface area (Å²) in [7, 11) is 0. The summed E-state index contributed by atoms with van der Waals surface area (Å²) in [6.45, 7) is 0. The lowest BCUT2D eigenvalue weighted by Gasteiger charge is -2.06. The van der Waals surface area contributed by atoms with Crippen molar-refractivity contribution in [3.05, 3.63) is 34.9 Å². The quantitative estimate of drug-likeness (QED) is 0.778. The Morgan fingerprint density at radius 2 is 1.80 bits per heavy atom. The van der Waals surface area contributed by atoms with Gasteiger partial charge in [-0.1, -0.05) is 0 Å². The molecule has 1 aromatic rings. The average molecular weight is 215 g/mol. The molecule has 3 N–H and O–H groups in total. The molecule has 4 nitrogen and oxygen atoms in total. The molecule has 80 valence electrons. The minimum Gasteiger partial charge on any atom is -0.478 e. The van der Waals surface area contributed by atoms with Crippen LogP contribution >= 0.6 is 0 Å². The fourth-order valence-electron chi connectivity index (χ4n) is 1.17. The van der Waals surface area contributed by atoms with Crippen LogP contribution in [0.3, 0.4) is 0 Å². The second kappa shape index (κ2) is 4.04. The summed E-state index contributed by atoms with van der Waals surface area (Å²) in [5.41, 5.74) is 3.41. The number of carbonyl (C=O) groups excluding carboxylic acids is 1. The van der Waals surface area contributed by atoms with Gasteiger partial charge in [0.25, 0.3) is 0 Å². The van der Waals surface area contributed by atoms with Crippen molar-refractivity contribution in [3.63, 3.8) is 0 Å². The van der Waals surface area contributed by atoms with E-state index in [1.807, 2.05) is 0 Å². The molecule has 0 bridgehead atoms. The van der Waals surface area contributed by atoms with E-state index in [2.05, 4.69) is 0 Å². The number of rotatable bonds is 3. The van der Waals surface area contributed by atoms with E-state index in [4.69, 9.17) is 10.8 Å². The number of carboxylic acid groups (broad SMARTS) is 1. The second-order valence-electron chi connectivity index (χ2n) is 2.83. The molecule has 0 unspecified atom stereocenters. The number of carboxylic acids is 1. The molecular weight excluding hydrogens is 208 g/mol. The van der Waals surface area contributed by atoms with Gasteiger partial charge in [-0.15, -0.1) is 0 Å². The molecule has 15 heavy (non-hydrogen) atoms. The third kappa shape index (κ3) is 2.28. The fraction of sp³-hybridized carbons (Fsp3) is 0.111. The van der Waals surface area contributed by atoms with E-state index in [9.17, 15) is 18.4 Å². The van der Waals surface area contributed by atoms with Crippen LogP contribution in [0.1, 0.15) is 15.9 Å². The van der Waals surface area contributed by atoms with Gasteiger partial charge >= 0.3 is 5.97 Å². The van der Waals surface area contributed by atoms with Crippen molar-refractivity contribution in [3.8, 4) is 0 Å². The van der Waals surface area contributed by atoms with Gasteiger partial charge in [0.05, 0.1) is 6.42 Å². The van der Waals surface area contributed by atoms with Gasteiger partial charge in [0.2, 0.25) is 5.91 Å². The first-order chi connectivity index (χ1) is 6.93. The van der Waals surface area contributed by atoms with Crippen LogP contribution in [0.15, 0.2) is 12.1 Å². The molecule has 0 fully saturated rings. The van der Waals surface area contributed by atoms with Crippen LogP contribution in [0, 0.1) is 11.6 Å². The van der Waals surface area contributed by atoms with Gasteiger partial charge in [-0.25, -0.2) is 13.6 Å². The summed E-state index contributed by atoms with van der Waals surface area (Å²) >= 11 is 0. The minimum absolute atomic E-state index is 0.532. The van der Waals surface area contributed by atoms with Crippen molar-refractivity contribution in [1.29, 1.82) is 0 Å². The van der Waals surface area contributed by atoms with Crippen LogP contribution in [-0.2, 0) is 11.2 Å². The van der Waals surface area contributed by atoms with E-state index in [1.165, 1.54) is 0 Å². The number of carbonyl (C=O) groups is 2. The maximum atomic E-state index is 13.1. The highest BCUT2D eigenvalue weighted by molar-refractivity contribution is 5.91. The molecule has 0 aliphatic heterocycles. The minimum atomic E-state index is -1.64. The summed E-state index contributed by atoms with van der Waals surface area (Å²) in [6, 6.07) is 1.43. The molecule has 0 saturated heterocycles. The van der Waals surface area contributed by atoms with Crippen molar-refractivity contribution in [2.24, 2.45) is 5.73 Å². The number of hydrogen-bond acceptors (Lipinski definition) is 2. The Kier molecular flexibility index (Phi) is 2.99. The number of hydrogen-bond donors (Lipinski definition) is 2. The van der Waals surface area contributed by atoms with Crippen LogP contribution < -0.4 is 5.73 Å². The summed E-state index contributed by atoms with van der Waals surface area (Å²) in [4.78, 5) is 21.2. The van der Waals surface area contributed by atoms with Crippen molar-refractivity contribution in [2.45, 2.75) is 6.42 Å². The maximum absolute atomic E-state index is 13.1. The Morgan fingerprint density at radius 3 is 2.27 bits per heavy atom. The zero-order valence-electron chi connectivity index (χ0n) is 7.46. The summed E-state index contributed by atoms with van der Waals surface area (Å²) in [5, 5.41) is 8.63. The SMILES string of the molecule is NC(=O)Cc1c(F)ccc(F)c1C(=O)O. The van der Waals surface area contributed by atoms with Crippen LogP contribution in [0.5, 0.6) is 0 Å². The van der Waals surface area contributed by atoms with Gasteiger partial charge in [0.15, 0.2) is 0 Å². The number of amides is 1. The van der Waals surface area contributed by atoms with E-state index >= 15 is 0 Å². The lowest BCUT2D eigenvalue weighted by molar-refractivity contribution is -0.117. The molecule has 0 aliphatic rings. The number of benzene rings is 1. The zero-order chi connectivity index (χ0) is 11.6. The molecule has 0 spiro atoms. The molecule has 6 heteroatoms. The maximum Gasteiger partial charge on any atom is 0.339 e. The molecule has 0 saturated carbocycles. The largest absolute Gasteiger partial charge is 0.478 e. The predicted molar refractivity (Wildman–Crippen MR) is 46.2 cm³/mol. The summed E-state index contributed by atoms with van der Waals surface area (Å²) in [6.07, 6.45) is -0.648. The van der Waals surface area contributed by atoms with Gasteiger partial charge in [-0.3, -0.25) is 4.79 Å². The van der Waals surface area contributed by atoms with Gasteiger partial charge in [-0.05, 0) is 12.1 Å². The summed E-state index contributed by atoms with van der Waals surface area (Å²) in [5.74, 6) is -4.63. The fourth-order valence-corrected chi connectivity index (χ4v) is 1.17. The van der Waals surface area contributed by atoms with Crippen molar-refractivity contribution >= 4 is 11.9 Å². The topological polar surface area (TPSA) is 80.4 Å². The van der Waals surface area contributed by atoms with Crippen molar-refractivity contribution in [2.75, 3.05) is 0 Å².